The first-order valence-electron chi connectivity index (χ1n) is 5.34. The van der Waals surface area contributed by atoms with Crippen LogP contribution in [0.2, 0.25) is 0 Å². The van der Waals surface area contributed by atoms with Gasteiger partial charge in [-0.05, 0) is 71.9 Å². The number of benzene rings is 1. The van der Waals surface area contributed by atoms with Gasteiger partial charge < -0.3 is 5.32 Å². The number of hydrogen-bond acceptors (Lipinski definition) is 1. The monoisotopic (exact) mass is 271 g/mol. The summed E-state index contributed by atoms with van der Waals surface area (Å²) in [7, 11) is 0. The van der Waals surface area contributed by atoms with E-state index in [4.69, 9.17) is 0 Å². The summed E-state index contributed by atoms with van der Waals surface area (Å²) >= 11 is 3.35. The van der Waals surface area contributed by atoms with E-state index in [1.54, 1.807) is 6.07 Å². The molecular formula is C12H15BrFN. The van der Waals surface area contributed by atoms with Gasteiger partial charge in [0.2, 0.25) is 0 Å². The molecule has 1 aromatic carbocycles. The average Bonchev–Trinajstić information content (AvgIpc) is 2.24. The minimum atomic E-state index is -0.136. The number of nitrogens with one attached hydrogen (secondary N) is 1. The van der Waals surface area contributed by atoms with E-state index < -0.39 is 0 Å². The van der Waals surface area contributed by atoms with Crippen LogP contribution in [0.3, 0.4) is 0 Å². The lowest BCUT2D eigenvalue weighted by molar-refractivity contribution is 0.456. The van der Waals surface area contributed by atoms with Gasteiger partial charge in [-0.3, -0.25) is 0 Å². The molecule has 15 heavy (non-hydrogen) atoms. The van der Waals surface area contributed by atoms with Crippen LogP contribution in [0.25, 0.3) is 0 Å². The van der Waals surface area contributed by atoms with Crippen LogP contribution in [0.4, 0.5) is 4.39 Å². The fraction of sp³-hybridized carbons (Fsp3) is 0.500. The second kappa shape index (κ2) is 4.62. The predicted octanol–water partition coefficient (Wildman–Crippen LogP) is 3.36. The van der Waals surface area contributed by atoms with Crippen LogP contribution in [-0.2, 0) is 0 Å². The Bertz CT molecular complexity index is 359. The van der Waals surface area contributed by atoms with E-state index >= 15 is 0 Å². The summed E-state index contributed by atoms with van der Waals surface area (Å²) in [5.41, 5.74) is 2.14. The first kappa shape index (κ1) is 11.1. The van der Waals surface area contributed by atoms with Crippen molar-refractivity contribution in [2.45, 2.75) is 25.7 Å². The Morgan fingerprint density at radius 3 is 2.67 bits per heavy atom. The summed E-state index contributed by atoms with van der Waals surface area (Å²) in [5.74, 6) is 0.360. The van der Waals surface area contributed by atoms with E-state index in [1.807, 2.05) is 6.92 Å². The minimum Gasteiger partial charge on any atom is -0.317 e. The molecule has 1 heterocycles. The summed E-state index contributed by atoms with van der Waals surface area (Å²) in [6, 6.07) is 3.68. The molecule has 3 heteroatoms. The normalized spacial score (nSPS) is 18.1. The van der Waals surface area contributed by atoms with Crippen molar-refractivity contribution in [1.82, 2.24) is 5.32 Å². The second-order valence-electron chi connectivity index (χ2n) is 4.17. The van der Waals surface area contributed by atoms with E-state index in [-0.39, 0.29) is 5.82 Å². The van der Waals surface area contributed by atoms with Crippen molar-refractivity contribution in [2.24, 2.45) is 0 Å². The zero-order chi connectivity index (χ0) is 10.8. The van der Waals surface area contributed by atoms with Gasteiger partial charge in [0.1, 0.15) is 5.82 Å². The average molecular weight is 272 g/mol. The SMILES string of the molecule is Cc1cc(F)c(Br)c(C2CCNCC2)c1. The van der Waals surface area contributed by atoms with Crippen LogP contribution < -0.4 is 5.32 Å². The maximum absolute atomic E-state index is 13.5. The highest BCUT2D eigenvalue weighted by atomic mass is 79.9. The largest absolute Gasteiger partial charge is 0.317 e. The molecule has 0 unspecified atom stereocenters. The summed E-state index contributed by atoms with van der Waals surface area (Å²) in [5, 5.41) is 3.32. The van der Waals surface area contributed by atoms with Gasteiger partial charge in [-0.15, -0.1) is 0 Å². The summed E-state index contributed by atoms with van der Waals surface area (Å²) in [6.07, 6.45) is 2.20. The lowest BCUT2D eigenvalue weighted by Crippen LogP contribution is -2.26. The molecule has 0 amide bonds. The van der Waals surface area contributed by atoms with Crippen molar-refractivity contribution in [3.63, 3.8) is 0 Å². The molecule has 1 aliphatic rings. The Morgan fingerprint density at radius 2 is 2.00 bits per heavy atom. The zero-order valence-corrected chi connectivity index (χ0v) is 10.4. The molecule has 82 valence electrons. The van der Waals surface area contributed by atoms with Gasteiger partial charge >= 0.3 is 0 Å². The summed E-state index contributed by atoms with van der Waals surface area (Å²) in [4.78, 5) is 0. The third-order valence-electron chi connectivity index (χ3n) is 2.98. The van der Waals surface area contributed by atoms with Crippen molar-refractivity contribution in [3.8, 4) is 0 Å². The maximum Gasteiger partial charge on any atom is 0.137 e. The van der Waals surface area contributed by atoms with E-state index in [0.29, 0.717) is 10.4 Å². The van der Waals surface area contributed by atoms with Crippen molar-refractivity contribution in [3.05, 3.63) is 33.5 Å². The number of hydrogen-bond donors (Lipinski definition) is 1. The van der Waals surface area contributed by atoms with Crippen LogP contribution in [-0.4, -0.2) is 13.1 Å². The lowest BCUT2D eigenvalue weighted by atomic mass is 9.89. The van der Waals surface area contributed by atoms with Crippen molar-refractivity contribution >= 4 is 15.9 Å². The molecule has 1 aliphatic heterocycles. The van der Waals surface area contributed by atoms with Crippen molar-refractivity contribution in [2.75, 3.05) is 13.1 Å². The number of aryl methyl sites for hydroxylation is 1. The molecule has 0 saturated carbocycles. The van der Waals surface area contributed by atoms with Gasteiger partial charge in [-0.25, -0.2) is 4.39 Å². The molecule has 0 bridgehead atoms. The van der Waals surface area contributed by atoms with Gasteiger partial charge in [0.05, 0.1) is 4.47 Å². The molecule has 2 rings (SSSR count). The van der Waals surface area contributed by atoms with Gasteiger partial charge in [-0.1, -0.05) is 6.07 Å². The maximum atomic E-state index is 13.5. The number of rotatable bonds is 1. The molecule has 0 aliphatic carbocycles. The van der Waals surface area contributed by atoms with Crippen LogP contribution in [0.15, 0.2) is 16.6 Å². The van der Waals surface area contributed by atoms with E-state index in [0.717, 1.165) is 37.1 Å². The number of piperidine rings is 1. The van der Waals surface area contributed by atoms with Crippen molar-refractivity contribution < 1.29 is 4.39 Å². The fourth-order valence-electron chi connectivity index (χ4n) is 2.18. The standard InChI is InChI=1S/C12H15BrFN/c1-8-6-10(12(13)11(14)7-8)9-2-4-15-5-3-9/h6-7,9,15H,2-5H2,1H3. The van der Waals surface area contributed by atoms with Crippen LogP contribution in [0, 0.1) is 12.7 Å². The quantitative estimate of drug-likeness (QED) is 0.826. The van der Waals surface area contributed by atoms with E-state index in [9.17, 15) is 4.39 Å². The minimum absolute atomic E-state index is 0.136. The molecule has 1 aromatic rings. The molecule has 0 atom stereocenters. The molecule has 1 N–H and O–H groups in total. The van der Waals surface area contributed by atoms with E-state index in [1.165, 1.54) is 0 Å². The summed E-state index contributed by atoms with van der Waals surface area (Å²) in [6.45, 7) is 4.01. The highest BCUT2D eigenvalue weighted by molar-refractivity contribution is 9.10. The third kappa shape index (κ3) is 2.40. The van der Waals surface area contributed by atoms with Gasteiger partial charge in [0.15, 0.2) is 0 Å². The predicted molar refractivity (Wildman–Crippen MR) is 63.7 cm³/mol. The molecule has 0 aromatic heterocycles. The van der Waals surface area contributed by atoms with Gasteiger partial charge in [0, 0.05) is 0 Å². The Labute approximate surface area is 98.2 Å². The van der Waals surface area contributed by atoms with Crippen LogP contribution >= 0.6 is 15.9 Å². The molecule has 0 radical (unpaired) electrons. The first-order valence-corrected chi connectivity index (χ1v) is 6.14. The molecule has 0 spiro atoms. The van der Waals surface area contributed by atoms with Gasteiger partial charge in [-0.2, -0.15) is 0 Å². The topological polar surface area (TPSA) is 12.0 Å². The third-order valence-corrected chi connectivity index (χ3v) is 3.82. The second-order valence-corrected chi connectivity index (χ2v) is 4.97. The Balaban J connectivity index is 2.33. The lowest BCUT2D eigenvalue weighted by Gasteiger charge is -2.24. The fourth-order valence-corrected chi connectivity index (χ4v) is 2.73. The molecule has 1 nitrogen and oxygen atoms in total. The highest BCUT2D eigenvalue weighted by Crippen LogP contribution is 2.33. The highest BCUT2D eigenvalue weighted by Gasteiger charge is 2.19. The Hall–Kier alpha value is -0.410. The smallest absolute Gasteiger partial charge is 0.137 e. The van der Waals surface area contributed by atoms with Gasteiger partial charge in [0.25, 0.3) is 0 Å². The molecule has 1 fully saturated rings. The van der Waals surface area contributed by atoms with Crippen LogP contribution in [0.1, 0.15) is 29.9 Å². The molecule has 1 saturated heterocycles. The summed E-state index contributed by atoms with van der Waals surface area (Å²) < 4.78 is 14.2. The van der Waals surface area contributed by atoms with Crippen molar-refractivity contribution in [1.29, 1.82) is 0 Å². The molecular weight excluding hydrogens is 257 g/mol. The van der Waals surface area contributed by atoms with Crippen LogP contribution in [0.5, 0.6) is 0 Å². The number of halogens is 2. The Kier molecular flexibility index (Phi) is 3.42. The first-order chi connectivity index (χ1) is 7.18. The Morgan fingerprint density at radius 1 is 1.33 bits per heavy atom. The zero-order valence-electron chi connectivity index (χ0n) is 8.82. The van der Waals surface area contributed by atoms with E-state index in [2.05, 4.69) is 27.3 Å².